The van der Waals surface area contributed by atoms with Crippen molar-refractivity contribution in [2.24, 2.45) is 11.7 Å². The molecule has 3 heterocycles. The Bertz CT molecular complexity index is 1330. The van der Waals surface area contributed by atoms with Crippen molar-refractivity contribution in [1.29, 1.82) is 0 Å². The summed E-state index contributed by atoms with van der Waals surface area (Å²) in [5, 5.41) is 0.671. The number of rotatable bonds is 4. The van der Waals surface area contributed by atoms with Crippen molar-refractivity contribution < 1.29 is 22.7 Å². The first kappa shape index (κ1) is 21.5. The van der Waals surface area contributed by atoms with Gasteiger partial charge in [-0.05, 0) is 38.0 Å². The van der Waals surface area contributed by atoms with E-state index in [1.807, 2.05) is 11.8 Å². The Morgan fingerprint density at radius 3 is 2.33 bits per heavy atom. The van der Waals surface area contributed by atoms with Crippen molar-refractivity contribution in [3.63, 3.8) is 0 Å². The number of hydrogen-bond acceptors (Lipinski definition) is 7. The molecule has 0 saturated carbocycles. The van der Waals surface area contributed by atoms with E-state index in [0.29, 0.717) is 67.2 Å². The molecule has 9 heteroatoms. The predicted octanol–water partition coefficient (Wildman–Crippen LogP) is 2.85. The van der Waals surface area contributed by atoms with E-state index < -0.39 is 9.84 Å². The maximum atomic E-state index is 13.7. The molecule has 8 nitrogen and oxygen atoms in total. The normalized spacial score (nSPS) is 16.7. The fourth-order valence-corrected chi connectivity index (χ4v) is 5.88. The van der Waals surface area contributed by atoms with Crippen molar-refractivity contribution in [2.75, 3.05) is 31.2 Å². The summed E-state index contributed by atoms with van der Waals surface area (Å²) < 4.78 is 38.9. The van der Waals surface area contributed by atoms with Gasteiger partial charge in [0.15, 0.2) is 11.5 Å². The smallest absolute Gasteiger partial charge is 0.220 e. The van der Waals surface area contributed by atoms with Crippen LogP contribution in [0.2, 0.25) is 0 Å². The summed E-state index contributed by atoms with van der Waals surface area (Å²) in [6.45, 7) is 3.81. The van der Waals surface area contributed by atoms with Gasteiger partial charge in [-0.1, -0.05) is 17.7 Å². The number of fused-ring (bicyclic) bond motifs is 2. The minimum atomic E-state index is -3.85. The first-order chi connectivity index (χ1) is 15.8. The maximum Gasteiger partial charge on any atom is 0.220 e. The van der Waals surface area contributed by atoms with Gasteiger partial charge in [0, 0.05) is 36.7 Å². The molecule has 3 aromatic rings. The minimum absolute atomic E-state index is 0.132. The van der Waals surface area contributed by atoms with Gasteiger partial charge in [-0.15, -0.1) is 0 Å². The highest BCUT2D eigenvalue weighted by atomic mass is 32.2. The number of sulfone groups is 1. The fourth-order valence-electron chi connectivity index (χ4n) is 4.45. The van der Waals surface area contributed by atoms with Crippen LogP contribution in [0, 0.1) is 12.8 Å². The zero-order chi connectivity index (χ0) is 23.2. The molecule has 2 aliphatic heterocycles. The van der Waals surface area contributed by atoms with E-state index in [1.54, 1.807) is 36.4 Å². The van der Waals surface area contributed by atoms with E-state index in [4.69, 9.17) is 15.2 Å². The van der Waals surface area contributed by atoms with Crippen molar-refractivity contribution in [3.05, 3.63) is 48.2 Å². The lowest BCUT2D eigenvalue weighted by molar-refractivity contribution is -0.122. The van der Waals surface area contributed by atoms with E-state index >= 15 is 0 Å². The standard InChI is InChI=1S/C24H25N3O5S/c1-15-2-4-17(5-3-15)33(29,30)22-14-26-19-13-21-20(31-10-11-32-21)12-18(19)23(22)27-8-6-16(7-9-27)24(25)28/h2-5,12-14,16H,6-11H2,1H3,(H2,25,28). The summed E-state index contributed by atoms with van der Waals surface area (Å²) in [6.07, 6.45) is 2.55. The Kier molecular flexibility index (Phi) is 5.36. The highest BCUT2D eigenvalue weighted by Gasteiger charge is 2.31. The number of primary amides is 1. The summed E-state index contributed by atoms with van der Waals surface area (Å²) in [7, 11) is -3.85. The molecule has 5 rings (SSSR count). The third kappa shape index (κ3) is 3.86. The molecule has 0 radical (unpaired) electrons. The minimum Gasteiger partial charge on any atom is -0.486 e. The first-order valence-corrected chi connectivity index (χ1v) is 12.4. The van der Waals surface area contributed by atoms with Crippen LogP contribution in [-0.4, -0.2) is 45.6 Å². The van der Waals surface area contributed by atoms with Gasteiger partial charge < -0.3 is 20.1 Å². The van der Waals surface area contributed by atoms with Gasteiger partial charge in [-0.2, -0.15) is 0 Å². The lowest BCUT2D eigenvalue weighted by atomic mass is 9.95. The van der Waals surface area contributed by atoms with Crippen LogP contribution in [0.4, 0.5) is 5.69 Å². The number of nitrogens with zero attached hydrogens (tertiary/aromatic N) is 2. The molecule has 2 aliphatic rings. The number of piperidine rings is 1. The quantitative estimate of drug-likeness (QED) is 0.628. The van der Waals surface area contributed by atoms with Crippen molar-refractivity contribution in [1.82, 2.24) is 4.98 Å². The topological polar surface area (TPSA) is 112 Å². The number of amides is 1. The number of anilines is 1. The van der Waals surface area contributed by atoms with E-state index in [9.17, 15) is 13.2 Å². The lowest BCUT2D eigenvalue weighted by Gasteiger charge is -2.34. The average Bonchev–Trinajstić information content (AvgIpc) is 2.82. The number of pyridine rings is 1. The Labute approximate surface area is 192 Å². The molecule has 172 valence electrons. The third-order valence-electron chi connectivity index (χ3n) is 6.30. The van der Waals surface area contributed by atoms with Crippen LogP contribution < -0.4 is 20.1 Å². The zero-order valence-corrected chi connectivity index (χ0v) is 19.1. The molecule has 2 aromatic carbocycles. The first-order valence-electron chi connectivity index (χ1n) is 10.9. The summed E-state index contributed by atoms with van der Waals surface area (Å²) in [5.41, 5.74) is 7.68. The van der Waals surface area contributed by atoms with E-state index in [-0.39, 0.29) is 21.6 Å². The predicted molar refractivity (Wildman–Crippen MR) is 123 cm³/mol. The van der Waals surface area contributed by atoms with Gasteiger partial charge >= 0.3 is 0 Å². The van der Waals surface area contributed by atoms with Crippen molar-refractivity contribution in [2.45, 2.75) is 29.6 Å². The number of nitrogens with two attached hydrogens (primary N) is 1. The van der Waals surface area contributed by atoms with E-state index in [0.717, 1.165) is 5.56 Å². The second-order valence-corrected chi connectivity index (χ2v) is 10.4. The summed E-state index contributed by atoms with van der Waals surface area (Å²) in [6, 6.07) is 10.4. The highest BCUT2D eigenvalue weighted by molar-refractivity contribution is 7.91. The number of hydrogen-bond donors (Lipinski definition) is 1. The van der Waals surface area contributed by atoms with E-state index in [1.165, 1.54) is 6.20 Å². The van der Waals surface area contributed by atoms with Gasteiger partial charge in [-0.3, -0.25) is 9.78 Å². The van der Waals surface area contributed by atoms with Gasteiger partial charge in [0.2, 0.25) is 15.7 Å². The summed E-state index contributed by atoms with van der Waals surface area (Å²) in [4.78, 5) is 18.5. The Balaban J connectivity index is 1.69. The molecule has 33 heavy (non-hydrogen) atoms. The van der Waals surface area contributed by atoms with Crippen molar-refractivity contribution >= 4 is 32.3 Å². The number of benzene rings is 2. The highest BCUT2D eigenvalue weighted by Crippen LogP contribution is 2.42. The van der Waals surface area contributed by atoms with Crippen LogP contribution in [0.15, 0.2) is 52.4 Å². The summed E-state index contributed by atoms with van der Waals surface area (Å²) >= 11 is 0. The molecular weight excluding hydrogens is 442 g/mol. The van der Waals surface area contributed by atoms with E-state index in [2.05, 4.69) is 4.98 Å². The molecule has 2 N–H and O–H groups in total. The van der Waals surface area contributed by atoms with Crippen LogP contribution in [0.3, 0.4) is 0 Å². The van der Waals surface area contributed by atoms with Gasteiger partial charge in [-0.25, -0.2) is 8.42 Å². The second-order valence-electron chi connectivity index (χ2n) is 8.46. The molecule has 0 bridgehead atoms. The fraction of sp³-hybridized carbons (Fsp3) is 0.333. The monoisotopic (exact) mass is 467 g/mol. The molecule has 1 saturated heterocycles. The second kappa shape index (κ2) is 8.22. The molecule has 0 aliphatic carbocycles. The Hall–Kier alpha value is -3.33. The number of ether oxygens (including phenoxy) is 2. The van der Waals surface area contributed by atoms with Crippen LogP contribution in [0.25, 0.3) is 10.9 Å². The molecule has 0 spiro atoms. The number of carbonyl (C=O) groups is 1. The molecular formula is C24H25N3O5S. The largest absolute Gasteiger partial charge is 0.486 e. The molecule has 1 fully saturated rings. The molecule has 0 atom stereocenters. The Morgan fingerprint density at radius 1 is 1.06 bits per heavy atom. The van der Waals surface area contributed by atoms with Crippen LogP contribution in [0.5, 0.6) is 11.5 Å². The van der Waals surface area contributed by atoms with Crippen LogP contribution >= 0.6 is 0 Å². The number of carbonyl (C=O) groups excluding carboxylic acids is 1. The lowest BCUT2D eigenvalue weighted by Crippen LogP contribution is -2.39. The Morgan fingerprint density at radius 2 is 1.70 bits per heavy atom. The summed E-state index contributed by atoms with van der Waals surface area (Å²) in [5.74, 6) is 0.625. The van der Waals surface area contributed by atoms with Gasteiger partial charge in [0.25, 0.3) is 0 Å². The van der Waals surface area contributed by atoms with Crippen LogP contribution in [-0.2, 0) is 14.6 Å². The maximum absolute atomic E-state index is 13.7. The van der Waals surface area contributed by atoms with Crippen molar-refractivity contribution in [3.8, 4) is 11.5 Å². The zero-order valence-electron chi connectivity index (χ0n) is 18.3. The SMILES string of the molecule is Cc1ccc(S(=O)(=O)c2cnc3cc4c(cc3c2N2CCC(C(N)=O)CC2)OCCO4)cc1. The molecule has 0 unspecified atom stereocenters. The van der Waals surface area contributed by atoms with Gasteiger partial charge in [0.05, 0.1) is 16.1 Å². The average molecular weight is 468 g/mol. The molecule has 1 aromatic heterocycles. The third-order valence-corrected chi connectivity index (χ3v) is 8.07. The molecule has 1 amide bonds. The number of aromatic nitrogens is 1. The van der Waals surface area contributed by atoms with Crippen LogP contribution in [0.1, 0.15) is 18.4 Å². The van der Waals surface area contributed by atoms with Gasteiger partial charge in [0.1, 0.15) is 18.1 Å². The number of aryl methyl sites for hydroxylation is 1.